The van der Waals surface area contributed by atoms with Crippen LogP contribution in [0, 0.1) is 6.92 Å². The van der Waals surface area contributed by atoms with Crippen LogP contribution in [0.4, 0.5) is 5.69 Å². The molecule has 0 saturated carbocycles. The molecule has 0 spiro atoms. The molecule has 128 valence electrons. The molecule has 0 radical (unpaired) electrons. The van der Waals surface area contributed by atoms with E-state index in [2.05, 4.69) is 11.3 Å². The summed E-state index contributed by atoms with van der Waals surface area (Å²) in [6.07, 6.45) is 2.76. The van der Waals surface area contributed by atoms with Crippen LogP contribution in [0.5, 0.6) is 0 Å². The van der Waals surface area contributed by atoms with Crippen molar-refractivity contribution in [1.82, 2.24) is 4.90 Å². The molecule has 0 unspecified atom stereocenters. The van der Waals surface area contributed by atoms with Crippen LogP contribution in [0.3, 0.4) is 0 Å². The number of hydrogen-bond acceptors (Lipinski definition) is 4. The highest BCUT2D eigenvalue weighted by Gasteiger charge is 2.17. The first-order chi connectivity index (χ1) is 11.3. The van der Waals surface area contributed by atoms with E-state index in [1.54, 1.807) is 47.4 Å². The zero-order valence-corrected chi connectivity index (χ0v) is 15.3. The summed E-state index contributed by atoms with van der Waals surface area (Å²) in [5.74, 6) is -0.167. The fourth-order valence-corrected chi connectivity index (χ4v) is 3.55. The summed E-state index contributed by atoms with van der Waals surface area (Å²) in [5.41, 5.74) is 1.61. The van der Waals surface area contributed by atoms with E-state index < -0.39 is 10.0 Å². The Kier molecular flexibility index (Phi) is 5.80. The maximum atomic E-state index is 12.8. The fourth-order valence-electron chi connectivity index (χ4n) is 2.21. The van der Waals surface area contributed by atoms with E-state index in [0.29, 0.717) is 24.3 Å². The van der Waals surface area contributed by atoms with Crippen molar-refractivity contribution in [3.8, 4) is 0 Å². The first-order valence-electron chi connectivity index (χ1n) is 7.31. The van der Waals surface area contributed by atoms with Crippen LogP contribution in [0.2, 0.25) is 0 Å². The molecule has 1 heterocycles. The van der Waals surface area contributed by atoms with E-state index in [-0.39, 0.29) is 5.91 Å². The standard InChI is InChI=1S/C17H20N2O3S2/c1-4-9-19(12-15-6-5-10-23-15)17(20)14-8-7-13(2)16(11-14)18-24(3,21)22/h4-8,10-11,18H,1,9,12H2,2-3H3. The Morgan fingerprint density at radius 3 is 2.71 bits per heavy atom. The first kappa shape index (κ1) is 18.2. The average molecular weight is 364 g/mol. The number of amides is 1. The molecule has 5 nitrogen and oxygen atoms in total. The van der Waals surface area contributed by atoms with Crippen molar-refractivity contribution in [1.29, 1.82) is 0 Å². The van der Waals surface area contributed by atoms with Crippen LogP contribution >= 0.6 is 11.3 Å². The normalized spacial score (nSPS) is 11.1. The van der Waals surface area contributed by atoms with Crippen molar-refractivity contribution in [2.75, 3.05) is 17.5 Å². The topological polar surface area (TPSA) is 66.5 Å². The second-order valence-corrected chi connectivity index (χ2v) is 8.24. The maximum absolute atomic E-state index is 12.8. The van der Waals surface area contributed by atoms with Crippen LogP contribution < -0.4 is 4.72 Å². The Morgan fingerprint density at radius 1 is 1.38 bits per heavy atom. The Balaban J connectivity index is 2.28. The van der Waals surface area contributed by atoms with Gasteiger partial charge in [-0.15, -0.1) is 17.9 Å². The van der Waals surface area contributed by atoms with Gasteiger partial charge in [-0.1, -0.05) is 18.2 Å². The van der Waals surface area contributed by atoms with E-state index in [1.807, 2.05) is 17.5 Å². The second-order valence-electron chi connectivity index (χ2n) is 5.46. The summed E-state index contributed by atoms with van der Waals surface area (Å²) in [5, 5.41) is 1.96. The Morgan fingerprint density at radius 2 is 2.12 bits per heavy atom. The molecule has 1 amide bonds. The number of nitrogens with one attached hydrogen (secondary N) is 1. The molecule has 1 aromatic heterocycles. The monoisotopic (exact) mass is 364 g/mol. The van der Waals surface area contributed by atoms with Crippen molar-refractivity contribution < 1.29 is 13.2 Å². The maximum Gasteiger partial charge on any atom is 0.254 e. The predicted octanol–water partition coefficient (Wildman–Crippen LogP) is 3.26. The number of carbonyl (C=O) groups is 1. The predicted molar refractivity (Wildman–Crippen MR) is 98.9 cm³/mol. The van der Waals surface area contributed by atoms with Gasteiger partial charge in [-0.3, -0.25) is 9.52 Å². The molecule has 0 saturated heterocycles. The number of benzene rings is 1. The van der Waals surface area contributed by atoms with Crippen LogP contribution in [0.15, 0.2) is 48.4 Å². The molecule has 24 heavy (non-hydrogen) atoms. The number of thiophene rings is 1. The molecular formula is C17H20N2O3S2. The van der Waals surface area contributed by atoms with Crippen molar-refractivity contribution in [3.05, 3.63) is 64.4 Å². The number of carbonyl (C=O) groups excluding carboxylic acids is 1. The smallest absolute Gasteiger partial charge is 0.254 e. The summed E-state index contributed by atoms with van der Waals surface area (Å²) in [6, 6.07) is 8.92. The van der Waals surface area contributed by atoms with Gasteiger partial charge >= 0.3 is 0 Å². The zero-order valence-electron chi connectivity index (χ0n) is 13.7. The number of hydrogen-bond donors (Lipinski definition) is 1. The lowest BCUT2D eigenvalue weighted by atomic mass is 10.1. The molecule has 0 atom stereocenters. The van der Waals surface area contributed by atoms with Crippen LogP contribution in [-0.4, -0.2) is 32.0 Å². The molecule has 0 fully saturated rings. The van der Waals surface area contributed by atoms with Crippen LogP contribution in [0.25, 0.3) is 0 Å². The molecule has 0 aliphatic heterocycles. The highest BCUT2D eigenvalue weighted by Crippen LogP contribution is 2.20. The van der Waals surface area contributed by atoms with Gasteiger partial charge in [0.2, 0.25) is 10.0 Å². The van der Waals surface area contributed by atoms with Crippen molar-refractivity contribution in [2.45, 2.75) is 13.5 Å². The third-order valence-corrected chi connectivity index (χ3v) is 4.80. The van der Waals surface area contributed by atoms with Crippen molar-refractivity contribution in [3.63, 3.8) is 0 Å². The molecule has 0 bridgehead atoms. The summed E-state index contributed by atoms with van der Waals surface area (Å²) in [6.45, 7) is 6.40. The minimum atomic E-state index is -3.40. The molecule has 2 rings (SSSR count). The SMILES string of the molecule is C=CCN(Cc1cccs1)C(=O)c1ccc(C)c(NS(C)(=O)=O)c1. The summed E-state index contributed by atoms with van der Waals surface area (Å²) in [4.78, 5) is 15.5. The van der Waals surface area contributed by atoms with Gasteiger partial charge in [-0.05, 0) is 36.1 Å². The quantitative estimate of drug-likeness (QED) is 0.767. The molecule has 1 aromatic carbocycles. The van der Waals surface area contributed by atoms with Crippen molar-refractivity contribution in [2.24, 2.45) is 0 Å². The molecule has 7 heteroatoms. The lowest BCUT2D eigenvalue weighted by Crippen LogP contribution is -2.30. The van der Waals surface area contributed by atoms with Gasteiger partial charge in [-0.25, -0.2) is 8.42 Å². The van der Waals surface area contributed by atoms with Crippen LogP contribution in [-0.2, 0) is 16.6 Å². The second kappa shape index (κ2) is 7.63. The fraction of sp³-hybridized carbons (Fsp3) is 0.235. The van der Waals surface area contributed by atoms with Crippen molar-refractivity contribution >= 4 is 33.0 Å². The largest absolute Gasteiger partial charge is 0.330 e. The number of nitrogens with zero attached hydrogens (tertiary/aromatic N) is 1. The van der Waals surface area contributed by atoms with Gasteiger partial charge in [0.25, 0.3) is 5.91 Å². The lowest BCUT2D eigenvalue weighted by Gasteiger charge is -2.21. The third kappa shape index (κ3) is 4.94. The molecule has 2 aromatic rings. The molecule has 1 N–H and O–H groups in total. The summed E-state index contributed by atoms with van der Waals surface area (Å²) < 4.78 is 25.4. The van der Waals surface area contributed by atoms with E-state index >= 15 is 0 Å². The minimum Gasteiger partial charge on any atom is -0.330 e. The minimum absolute atomic E-state index is 0.167. The van der Waals surface area contributed by atoms with Gasteiger partial charge < -0.3 is 4.90 Å². The number of aryl methyl sites for hydroxylation is 1. The van der Waals surface area contributed by atoms with E-state index in [9.17, 15) is 13.2 Å². The highest BCUT2D eigenvalue weighted by atomic mass is 32.2. The Bertz CT molecular complexity index is 828. The third-order valence-electron chi connectivity index (χ3n) is 3.34. The van der Waals surface area contributed by atoms with E-state index in [4.69, 9.17) is 0 Å². The molecule has 0 aliphatic rings. The van der Waals surface area contributed by atoms with E-state index in [1.165, 1.54) is 0 Å². The lowest BCUT2D eigenvalue weighted by molar-refractivity contribution is 0.0764. The Hall–Kier alpha value is -2.12. The Labute approximate surface area is 146 Å². The number of sulfonamides is 1. The summed E-state index contributed by atoms with van der Waals surface area (Å²) in [7, 11) is -3.40. The molecule has 0 aliphatic carbocycles. The summed E-state index contributed by atoms with van der Waals surface area (Å²) >= 11 is 1.58. The van der Waals surface area contributed by atoms with Gasteiger partial charge in [0.05, 0.1) is 18.5 Å². The van der Waals surface area contributed by atoms with Crippen LogP contribution in [0.1, 0.15) is 20.8 Å². The van der Waals surface area contributed by atoms with Gasteiger partial charge in [0, 0.05) is 17.0 Å². The number of anilines is 1. The highest BCUT2D eigenvalue weighted by molar-refractivity contribution is 7.92. The van der Waals surface area contributed by atoms with Gasteiger partial charge in [0.1, 0.15) is 0 Å². The average Bonchev–Trinajstić information content (AvgIpc) is 3.00. The van der Waals surface area contributed by atoms with E-state index in [0.717, 1.165) is 16.7 Å². The first-order valence-corrected chi connectivity index (χ1v) is 10.1. The van der Waals surface area contributed by atoms with Gasteiger partial charge in [0.15, 0.2) is 0 Å². The zero-order chi connectivity index (χ0) is 17.7. The molecular weight excluding hydrogens is 344 g/mol. The number of rotatable bonds is 7. The van der Waals surface area contributed by atoms with Gasteiger partial charge in [-0.2, -0.15) is 0 Å².